The molecule has 1 fully saturated rings. The lowest BCUT2D eigenvalue weighted by molar-refractivity contribution is -0.143. The van der Waals surface area contributed by atoms with Crippen LogP contribution in [0.4, 0.5) is 0 Å². The highest BCUT2D eigenvalue weighted by Crippen LogP contribution is 2.38. The molecule has 6 nitrogen and oxygen atoms in total. The van der Waals surface area contributed by atoms with Crippen LogP contribution in [0.3, 0.4) is 0 Å². The number of carboxylic acids is 1. The van der Waals surface area contributed by atoms with Crippen LogP contribution in [0.25, 0.3) is 0 Å². The van der Waals surface area contributed by atoms with Crippen molar-refractivity contribution in [1.82, 2.24) is 4.31 Å². The minimum atomic E-state index is -1.53. The van der Waals surface area contributed by atoms with E-state index >= 15 is 0 Å². The van der Waals surface area contributed by atoms with E-state index in [4.69, 9.17) is 5.11 Å². The SMILES string of the molecule is COC(=O)C1C(C(=O)O)[N@]1[S+]([O-])C(C)(C)C. The molecular weight excluding hydrogens is 234 g/mol. The Morgan fingerprint density at radius 3 is 2.19 bits per heavy atom. The van der Waals surface area contributed by atoms with E-state index in [2.05, 4.69) is 4.74 Å². The van der Waals surface area contributed by atoms with E-state index in [1.54, 1.807) is 20.8 Å². The molecule has 0 aromatic carbocycles. The Kier molecular flexibility index (Phi) is 3.51. The number of aliphatic carboxylic acids is 1. The number of ether oxygens (including phenoxy) is 1. The molecule has 0 saturated carbocycles. The third-order valence-corrected chi connectivity index (χ3v) is 4.05. The summed E-state index contributed by atoms with van der Waals surface area (Å²) in [6.07, 6.45) is 0. The highest BCUT2D eigenvalue weighted by atomic mass is 32.2. The molecule has 0 radical (unpaired) electrons. The lowest BCUT2D eigenvalue weighted by Gasteiger charge is -2.24. The van der Waals surface area contributed by atoms with Crippen molar-refractivity contribution in [3.63, 3.8) is 0 Å². The van der Waals surface area contributed by atoms with Crippen LogP contribution in [0.5, 0.6) is 0 Å². The normalized spacial score (nSPS) is 30.7. The smallest absolute Gasteiger partial charge is 0.330 e. The Balaban J connectivity index is 2.82. The standard InChI is InChI=1S/C9H15NO5S/c1-9(2,3)16(14)10-5(7(11)12)6(10)8(13)15-4/h5-6H,1-4H3,(H,11,12)/t5?,6?,10-,16?/m0/s1. The zero-order valence-electron chi connectivity index (χ0n) is 9.59. The molecule has 0 amide bonds. The summed E-state index contributed by atoms with van der Waals surface area (Å²) in [5, 5.41) is 8.87. The molecule has 0 spiro atoms. The van der Waals surface area contributed by atoms with Crippen LogP contribution in [-0.4, -0.2) is 49.8 Å². The van der Waals surface area contributed by atoms with Crippen LogP contribution in [0.1, 0.15) is 20.8 Å². The summed E-state index contributed by atoms with van der Waals surface area (Å²) in [6.45, 7) is 5.15. The van der Waals surface area contributed by atoms with Crippen LogP contribution >= 0.6 is 0 Å². The molecule has 0 aromatic heterocycles. The van der Waals surface area contributed by atoms with Gasteiger partial charge in [0.1, 0.15) is 4.75 Å². The van der Waals surface area contributed by atoms with Gasteiger partial charge >= 0.3 is 11.9 Å². The van der Waals surface area contributed by atoms with Crippen LogP contribution in [0, 0.1) is 0 Å². The van der Waals surface area contributed by atoms with Gasteiger partial charge in [-0.1, -0.05) is 4.31 Å². The van der Waals surface area contributed by atoms with Gasteiger partial charge in [-0.15, -0.1) is 0 Å². The van der Waals surface area contributed by atoms with Gasteiger partial charge in [0, 0.05) is 11.4 Å². The van der Waals surface area contributed by atoms with E-state index in [-0.39, 0.29) is 0 Å². The number of nitrogens with zero attached hydrogens (tertiary/aromatic N) is 1. The van der Waals surface area contributed by atoms with Gasteiger partial charge in [-0.2, -0.15) is 0 Å². The number of carbonyl (C=O) groups excluding carboxylic acids is 1. The van der Waals surface area contributed by atoms with Gasteiger partial charge in [-0.3, -0.25) is 9.59 Å². The molecule has 16 heavy (non-hydrogen) atoms. The van der Waals surface area contributed by atoms with Crippen molar-refractivity contribution in [1.29, 1.82) is 0 Å². The fourth-order valence-electron chi connectivity index (χ4n) is 1.33. The first-order valence-corrected chi connectivity index (χ1v) is 5.83. The predicted molar refractivity (Wildman–Crippen MR) is 57.0 cm³/mol. The van der Waals surface area contributed by atoms with E-state index in [0.29, 0.717) is 0 Å². The molecule has 0 aromatic rings. The molecule has 1 N–H and O–H groups in total. The average Bonchev–Trinajstić information content (AvgIpc) is 2.88. The number of hydrogen-bond donors (Lipinski definition) is 1. The maximum absolute atomic E-state index is 11.9. The predicted octanol–water partition coefficient (Wildman–Crippen LogP) is -0.241. The molecule has 1 saturated heterocycles. The summed E-state index contributed by atoms with van der Waals surface area (Å²) >= 11 is -1.53. The van der Waals surface area contributed by atoms with E-state index in [1.807, 2.05) is 0 Å². The highest BCUT2D eigenvalue weighted by Gasteiger charge is 2.67. The summed E-state index contributed by atoms with van der Waals surface area (Å²) in [6, 6.07) is -1.96. The highest BCUT2D eigenvalue weighted by molar-refractivity contribution is 7.90. The Labute approximate surface area is 96.9 Å². The molecule has 92 valence electrons. The van der Waals surface area contributed by atoms with Gasteiger partial charge in [0.05, 0.1) is 7.11 Å². The van der Waals surface area contributed by atoms with Crippen molar-refractivity contribution in [2.75, 3.05) is 7.11 Å². The molecule has 1 aliphatic heterocycles. The molecule has 1 rings (SSSR count). The molecule has 0 aliphatic carbocycles. The maximum atomic E-state index is 11.9. The average molecular weight is 249 g/mol. The summed E-state index contributed by atoms with van der Waals surface area (Å²) in [5.41, 5.74) is 0. The third kappa shape index (κ3) is 2.31. The largest absolute Gasteiger partial charge is 0.597 e. The quantitative estimate of drug-likeness (QED) is 0.422. The lowest BCUT2D eigenvalue weighted by atomic mass is 10.3. The lowest BCUT2D eigenvalue weighted by Crippen LogP contribution is -2.36. The van der Waals surface area contributed by atoms with E-state index in [1.165, 1.54) is 7.11 Å². The minimum Gasteiger partial charge on any atom is -0.597 e. The maximum Gasteiger partial charge on any atom is 0.330 e. The zero-order valence-corrected chi connectivity index (χ0v) is 10.4. The van der Waals surface area contributed by atoms with Crippen molar-refractivity contribution in [3.05, 3.63) is 0 Å². The number of carboxylic acid groups (broad SMARTS) is 1. The fourth-order valence-corrected chi connectivity index (χ4v) is 2.73. The second-order valence-electron chi connectivity index (χ2n) is 4.47. The Morgan fingerprint density at radius 1 is 1.38 bits per heavy atom. The van der Waals surface area contributed by atoms with Gasteiger partial charge in [-0.25, -0.2) is 0 Å². The van der Waals surface area contributed by atoms with Gasteiger partial charge in [-0.05, 0) is 20.8 Å². The minimum absolute atomic E-state index is 0.601. The topological polar surface area (TPSA) is 89.7 Å². The van der Waals surface area contributed by atoms with Gasteiger partial charge in [0.25, 0.3) is 0 Å². The van der Waals surface area contributed by atoms with Crippen LogP contribution < -0.4 is 0 Å². The molecule has 0 bridgehead atoms. The Bertz CT molecular complexity index is 314. The number of methoxy groups -OCH3 is 1. The van der Waals surface area contributed by atoms with Gasteiger partial charge < -0.3 is 14.4 Å². The van der Waals surface area contributed by atoms with Crippen LogP contribution in [0.2, 0.25) is 0 Å². The second kappa shape index (κ2) is 4.23. The second-order valence-corrected chi connectivity index (χ2v) is 6.62. The van der Waals surface area contributed by atoms with Crippen molar-refractivity contribution < 1.29 is 24.0 Å². The number of carbonyl (C=O) groups is 2. The van der Waals surface area contributed by atoms with Crippen molar-refractivity contribution in [3.8, 4) is 0 Å². The number of hydrogen-bond acceptors (Lipinski definition) is 5. The Morgan fingerprint density at radius 2 is 1.88 bits per heavy atom. The number of esters is 1. The number of rotatable bonds is 3. The molecular formula is C9H15NO5S. The van der Waals surface area contributed by atoms with Crippen LogP contribution in [0.15, 0.2) is 0 Å². The molecule has 3 unspecified atom stereocenters. The molecule has 7 heteroatoms. The van der Waals surface area contributed by atoms with E-state index < -0.39 is 40.1 Å². The van der Waals surface area contributed by atoms with E-state index in [9.17, 15) is 14.1 Å². The van der Waals surface area contributed by atoms with Crippen molar-refractivity contribution in [2.45, 2.75) is 37.6 Å². The van der Waals surface area contributed by atoms with E-state index in [0.717, 1.165) is 4.31 Å². The summed E-state index contributed by atoms with van der Waals surface area (Å²) in [4.78, 5) is 22.1. The third-order valence-electron chi connectivity index (χ3n) is 2.17. The zero-order chi connectivity index (χ0) is 12.7. The summed E-state index contributed by atoms with van der Waals surface area (Å²) in [7, 11) is 1.18. The fraction of sp³-hybridized carbons (Fsp3) is 0.778. The van der Waals surface area contributed by atoms with Gasteiger partial charge in [0.2, 0.25) is 0 Å². The van der Waals surface area contributed by atoms with Crippen LogP contribution in [-0.2, 0) is 25.7 Å². The van der Waals surface area contributed by atoms with Crippen molar-refractivity contribution >= 4 is 23.3 Å². The first-order chi connectivity index (χ1) is 7.21. The summed E-state index contributed by atoms with van der Waals surface area (Å²) < 4.78 is 17.0. The summed E-state index contributed by atoms with van der Waals surface area (Å²) in [5.74, 6) is -1.82. The molecule has 4 atom stereocenters. The molecule has 1 heterocycles. The Hall–Kier alpha value is -0.790. The monoisotopic (exact) mass is 249 g/mol. The molecule has 1 aliphatic rings. The first-order valence-electron chi connectivity index (χ1n) is 4.72. The van der Waals surface area contributed by atoms with Gasteiger partial charge in [0.15, 0.2) is 12.1 Å². The van der Waals surface area contributed by atoms with Crippen molar-refractivity contribution in [2.24, 2.45) is 0 Å². The first kappa shape index (κ1) is 13.3.